The van der Waals surface area contributed by atoms with Gasteiger partial charge in [-0.2, -0.15) is 0 Å². The molecular weight excluding hydrogens is 170 g/mol. The van der Waals surface area contributed by atoms with E-state index in [0.717, 1.165) is 23.4 Å². The molecule has 1 aromatic carbocycles. The van der Waals surface area contributed by atoms with E-state index in [4.69, 9.17) is 11.6 Å². The maximum Gasteiger partial charge on any atom is 0.0640 e. The Balaban J connectivity index is 2.18. The fraction of sp³-hybridized carbons (Fsp3) is 0.400. The Bertz CT molecular complexity index is 335. The van der Waals surface area contributed by atoms with E-state index in [9.17, 15) is 0 Å². The van der Waals surface area contributed by atoms with Crippen LogP contribution >= 0.6 is 11.6 Å². The second-order valence-corrected chi connectivity index (χ2v) is 4.09. The largest absolute Gasteiger partial charge is 0.383 e. The van der Waals surface area contributed by atoms with Crippen LogP contribution in [0.2, 0.25) is 5.02 Å². The quantitative estimate of drug-likeness (QED) is 0.646. The summed E-state index contributed by atoms with van der Waals surface area (Å²) in [6.07, 6.45) is 1.35. The molecule has 1 aliphatic carbocycles. The summed E-state index contributed by atoms with van der Waals surface area (Å²) in [6, 6.07) is 6.19. The zero-order valence-electron chi connectivity index (χ0n) is 6.68. The molecule has 1 aliphatic heterocycles. The monoisotopic (exact) mass is 179 g/mol. The Hall–Kier alpha value is -0.690. The number of fused-ring (bicyclic) bond motifs is 3. The van der Waals surface area contributed by atoms with E-state index in [0.29, 0.717) is 0 Å². The van der Waals surface area contributed by atoms with Crippen LogP contribution in [-0.4, -0.2) is 6.54 Å². The maximum atomic E-state index is 6.06. The van der Waals surface area contributed by atoms with Crippen LogP contribution in [0.4, 0.5) is 5.69 Å². The Morgan fingerprint density at radius 1 is 1.42 bits per heavy atom. The van der Waals surface area contributed by atoms with Crippen LogP contribution in [0.1, 0.15) is 17.9 Å². The van der Waals surface area contributed by atoms with Crippen LogP contribution in [0.3, 0.4) is 0 Å². The van der Waals surface area contributed by atoms with Gasteiger partial charge in [0, 0.05) is 6.54 Å². The van der Waals surface area contributed by atoms with Gasteiger partial charge in [0.1, 0.15) is 0 Å². The fourth-order valence-electron chi connectivity index (χ4n) is 2.12. The average molecular weight is 180 g/mol. The van der Waals surface area contributed by atoms with Crippen molar-refractivity contribution in [2.24, 2.45) is 5.92 Å². The Kier molecular flexibility index (Phi) is 1.23. The highest BCUT2D eigenvalue weighted by Gasteiger charge is 2.42. The zero-order valence-corrected chi connectivity index (χ0v) is 7.43. The van der Waals surface area contributed by atoms with Gasteiger partial charge in [0.25, 0.3) is 0 Å². The van der Waals surface area contributed by atoms with E-state index in [-0.39, 0.29) is 0 Å². The number of hydrogen-bond donors (Lipinski definition) is 1. The maximum absolute atomic E-state index is 6.06. The molecule has 3 rings (SSSR count). The highest BCUT2D eigenvalue weighted by Crippen LogP contribution is 2.53. The minimum Gasteiger partial charge on any atom is -0.383 e. The van der Waals surface area contributed by atoms with Crippen LogP contribution < -0.4 is 5.32 Å². The van der Waals surface area contributed by atoms with Gasteiger partial charge in [-0.25, -0.2) is 0 Å². The molecule has 1 nitrogen and oxygen atoms in total. The highest BCUT2D eigenvalue weighted by molar-refractivity contribution is 6.33. The van der Waals surface area contributed by atoms with Gasteiger partial charge >= 0.3 is 0 Å². The van der Waals surface area contributed by atoms with Crippen molar-refractivity contribution >= 4 is 17.3 Å². The Morgan fingerprint density at radius 2 is 2.33 bits per heavy atom. The van der Waals surface area contributed by atoms with Crippen molar-refractivity contribution in [2.75, 3.05) is 11.9 Å². The van der Waals surface area contributed by atoms with E-state index in [2.05, 4.69) is 11.4 Å². The number of hydrogen-bond acceptors (Lipinski definition) is 1. The molecule has 1 saturated carbocycles. The number of halogens is 1. The molecule has 2 atom stereocenters. The minimum atomic E-state index is 0.806. The predicted octanol–water partition coefficient (Wildman–Crippen LogP) is 2.87. The van der Waals surface area contributed by atoms with E-state index >= 15 is 0 Å². The number of nitrogens with one attached hydrogen (secondary N) is 1. The summed E-state index contributed by atoms with van der Waals surface area (Å²) in [7, 11) is 0. The molecule has 1 N–H and O–H groups in total. The molecule has 1 heterocycles. The van der Waals surface area contributed by atoms with Crippen LogP contribution in [0, 0.1) is 5.92 Å². The van der Waals surface area contributed by atoms with E-state index in [1.807, 2.05) is 12.1 Å². The Morgan fingerprint density at radius 3 is 3.25 bits per heavy atom. The summed E-state index contributed by atoms with van der Waals surface area (Å²) in [4.78, 5) is 0. The van der Waals surface area contributed by atoms with Crippen molar-refractivity contribution < 1.29 is 0 Å². The van der Waals surface area contributed by atoms with E-state index < -0.39 is 0 Å². The Labute approximate surface area is 76.7 Å². The van der Waals surface area contributed by atoms with Crippen molar-refractivity contribution in [2.45, 2.75) is 12.3 Å². The van der Waals surface area contributed by atoms with Crippen molar-refractivity contribution in [1.82, 2.24) is 0 Å². The number of anilines is 1. The molecule has 2 heteroatoms. The summed E-state index contributed by atoms with van der Waals surface area (Å²) < 4.78 is 0. The van der Waals surface area contributed by atoms with Crippen LogP contribution in [-0.2, 0) is 0 Å². The summed E-state index contributed by atoms with van der Waals surface area (Å²) in [5, 5.41) is 4.26. The molecule has 62 valence electrons. The number of rotatable bonds is 0. The third kappa shape index (κ3) is 0.802. The van der Waals surface area contributed by atoms with Gasteiger partial charge in [0.15, 0.2) is 0 Å². The molecule has 0 radical (unpaired) electrons. The first-order valence-corrected chi connectivity index (χ1v) is 4.76. The zero-order chi connectivity index (χ0) is 8.13. The lowest BCUT2D eigenvalue weighted by molar-refractivity contribution is 0.817. The highest BCUT2D eigenvalue weighted by atomic mass is 35.5. The van der Waals surface area contributed by atoms with E-state index in [1.54, 1.807) is 0 Å². The van der Waals surface area contributed by atoms with Crippen molar-refractivity contribution in [3.63, 3.8) is 0 Å². The SMILES string of the molecule is Clc1cccc2c1NCC1CC21. The molecule has 0 bridgehead atoms. The van der Waals surface area contributed by atoms with Crippen molar-refractivity contribution in [3.05, 3.63) is 28.8 Å². The van der Waals surface area contributed by atoms with Crippen LogP contribution in [0.25, 0.3) is 0 Å². The topological polar surface area (TPSA) is 12.0 Å². The molecule has 12 heavy (non-hydrogen) atoms. The summed E-state index contributed by atoms with van der Waals surface area (Å²) in [6.45, 7) is 1.11. The average Bonchev–Trinajstić information content (AvgIpc) is 2.83. The van der Waals surface area contributed by atoms with Gasteiger partial charge in [0.2, 0.25) is 0 Å². The van der Waals surface area contributed by atoms with Gasteiger partial charge in [0.05, 0.1) is 10.7 Å². The first-order valence-electron chi connectivity index (χ1n) is 4.38. The van der Waals surface area contributed by atoms with Crippen LogP contribution in [0.5, 0.6) is 0 Å². The van der Waals surface area contributed by atoms with Crippen LogP contribution in [0.15, 0.2) is 18.2 Å². The molecule has 2 unspecified atom stereocenters. The molecule has 0 amide bonds. The van der Waals surface area contributed by atoms with Crippen molar-refractivity contribution in [3.8, 4) is 0 Å². The molecule has 0 spiro atoms. The molecule has 1 aromatic rings. The third-order valence-electron chi connectivity index (χ3n) is 2.91. The fourth-order valence-corrected chi connectivity index (χ4v) is 2.37. The molecule has 0 aromatic heterocycles. The van der Waals surface area contributed by atoms with Gasteiger partial charge < -0.3 is 5.32 Å². The second kappa shape index (κ2) is 2.17. The summed E-state index contributed by atoms with van der Waals surface area (Å²) in [5.41, 5.74) is 2.61. The molecule has 1 fully saturated rings. The van der Waals surface area contributed by atoms with Gasteiger partial charge in [-0.1, -0.05) is 23.7 Å². The standard InChI is InChI=1S/C10H10ClN/c11-9-3-1-2-7-8-4-6(8)5-12-10(7)9/h1-3,6,8,12H,4-5H2. The number of para-hydroxylation sites is 1. The molecule has 0 saturated heterocycles. The lowest BCUT2D eigenvalue weighted by Crippen LogP contribution is -2.11. The summed E-state index contributed by atoms with van der Waals surface area (Å²) >= 11 is 6.06. The van der Waals surface area contributed by atoms with Gasteiger partial charge in [-0.15, -0.1) is 0 Å². The van der Waals surface area contributed by atoms with Crippen molar-refractivity contribution in [1.29, 1.82) is 0 Å². The lowest BCUT2D eigenvalue weighted by atomic mass is 10.0. The molecular formula is C10H10ClN. The summed E-state index contributed by atoms with van der Waals surface area (Å²) in [5.74, 6) is 1.69. The normalized spacial score (nSPS) is 30.1. The molecule has 2 aliphatic rings. The van der Waals surface area contributed by atoms with Gasteiger partial charge in [-0.3, -0.25) is 0 Å². The minimum absolute atomic E-state index is 0.806. The smallest absolute Gasteiger partial charge is 0.0640 e. The predicted molar refractivity (Wildman–Crippen MR) is 50.8 cm³/mol. The first-order chi connectivity index (χ1) is 5.86. The lowest BCUT2D eigenvalue weighted by Gasteiger charge is -2.18. The third-order valence-corrected chi connectivity index (χ3v) is 3.22. The first kappa shape index (κ1) is 6.79. The van der Waals surface area contributed by atoms with Gasteiger partial charge in [-0.05, 0) is 29.9 Å². The van der Waals surface area contributed by atoms with E-state index in [1.165, 1.54) is 17.7 Å². The number of benzene rings is 1. The second-order valence-electron chi connectivity index (χ2n) is 3.69.